The molecule has 2 amide bonds. The number of ether oxygens (including phenoxy) is 5. The van der Waals surface area contributed by atoms with E-state index in [2.05, 4.69) is 63.7 Å². The number of aliphatic imine (C=N–C) groups is 1. The zero-order valence-electron chi connectivity index (χ0n) is 44.9. The summed E-state index contributed by atoms with van der Waals surface area (Å²) in [6.45, 7) is 21.4. The number of allylic oxidation sites excluding steroid dienone is 1. The monoisotopic (exact) mass is 1080 g/mol. The lowest BCUT2D eigenvalue weighted by atomic mass is 9.75. The summed E-state index contributed by atoms with van der Waals surface area (Å²) in [5.41, 5.74) is 1.78. The van der Waals surface area contributed by atoms with Gasteiger partial charge in [0.15, 0.2) is 5.44 Å². The second-order valence-electron chi connectivity index (χ2n) is 20.6. The molecular formula is C58H72N4O12S2. The third-order valence-electron chi connectivity index (χ3n) is 14.0. The quantitative estimate of drug-likeness (QED) is 0.0201. The Hall–Kier alpha value is -6.40. The van der Waals surface area contributed by atoms with Gasteiger partial charge < -0.3 is 39.3 Å². The Morgan fingerprint density at radius 2 is 1.32 bits per heavy atom. The third-order valence-corrected chi connectivity index (χ3v) is 16.4. The number of carbonyl (C=O) groups is 7. The summed E-state index contributed by atoms with van der Waals surface area (Å²) >= 11 is 2.27. The number of anilines is 1. The maximum Gasteiger partial charge on any atom is 0.342 e. The molecule has 0 saturated heterocycles. The van der Waals surface area contributed by atoms with Gasteiger partial charge >= 0.3 is 17.9 Å². The lowest BCUT2D eigenvalue weighted by Gasteiger charge is -2.37. The van der Waals surface area contributed by atoms with E-state index >= 15 is 9.59 Å². The molecule has 3 aromatic rings. The molecule has 6 rings (SSSR count). The van der Waals surface area contributed by atoms with Crippen LogP contribution in [0.1, 0.15) is 116 Å². The van der Waals surface area contributed by atoms with Crippen molar-refractivity contribution in [2.45, 2.75) is 123 Å². The second kappa shape index (κ2) is 27.6. The van der Waals surface area contributed by atoms with Gasteiger partial charge in [-0.1, -0.05) is 109 Å². The van der Waals surface area contributed by atoms with Crippen molar-refractivity contribution in [2.24, 2.45) is 40.5 Å². The molecule has 0 radical (unpaired) electrons. The van der Waals surface area contributed by atoms with Crippen molar-refractivity contribution < 1.29 is 57.2 Å². The summed E-state index contributed by atoms with van der Waals surface area (Å²) in [6, 6.07) is 18.3. The van der Waals surface area contributed by atoms with Gasteiger partial charge in [0.1, 0.15) is 41.6 Å². The largest absolute Gasteiger partial charge is 0.463 e. The van der Waals surface area contributed by atoms with Crippen LogP contribution in [0.2, 0.25) is 0 Å². The number of rotatable bonds is 23. The van der Waals surface area contributed by atoms with Gasteiger partial charge in [0.25, 0.3) is 12.9 Å². The van der Waals surface area contributed by atoms with Crippen LogP contribution < -0.4 is 10.6 Å². The Balaban J connectivity index is 1.51. The molecule has 2 saturated carbocycles. The average Bonchev–Trinajstić information content (AvgIpc) is 3.94. The van der Waals surface area contributed by atoms with Crippen molar-refractivity contribution in [1.82, 2.24) is 10.3 Å². The van der Waals surface area contributed by atoms with E-state index in [0.29, 0.717) is 57.5 Å². The van der Waals surface area contributed by atoms with Crippen molar-refractivity contribution in [2.75, 3.05) is 24.3 Å². The molecule has 16 nitrogen and oxygen atoms in total. The molecule has 408 valence electrons. The van der Waals surface area contributed by atoms with Crippen LogP contribution in [-0.2, 0) is 52.5 Å². The Bertz CT molecular complexity index is 2660. The summed E-state index contributed by atoms with van der Waals surface area (Å²) < 4.78 is 28.1. The lowest BCUT2D eigenvalue weighted by Crippen LogP contribution is -2.41. The Labute approximate surface area is 454 Å². The van der Waals surface area contributed by atoms with Crippen LogP contribution in [0, 0.1) is 35.5 Å². The minimum atomic E-state index is -1.02. The fourth-order valence-corrected chi connectivity index (χ4v) is 12.4. The number of amides is 2. The topological polar surface area (TPSA) is 218 Å². The number of aromatic amines is 1. The van der Waals surface area contributed by atoms with E-state index in [-0.39, 0.29) is 78.3 Å². The number of hydrogen-bond acceptors (Lipinski definition) is 15. The molecule has 1 aromatic heterocycles. The van der Waals surface area contributed by atoms with E-state index in [9.17, 15) is 24.0 Å². The number of hydrogen-bond donors (Lipinski definition) is 3. The molecule has 18 heteroatoms. The summed E-state index contributed by atoms with van der Waals surface area (Å²) in [5.74, 6) is -1.33. The third kappa shape index (κ3) is 15.2. The normalized spacial score (nSPS) is 24.0. The Kier molecular flexibility index (Phi) is 21.4. The number of carbonyl (C=O) groups excluding carboxylic acids is 7. The van der Waals surface area contributed by atoms with Gasteiger partial charge in [0.05, 0.1) is 28.5 Å². The van der Waals surface area contributed by atoms with Gasteiger partial charge in [-0.05, 0) is 111 Å². The van der Waals surface area contributed by atoms with E-state index in [4.69, 9.17) is 28.7 Å². The van der Waals surface area contributed by atoms with Crippen LogP contribution in [-0.4, -0.2) is 101 Å². The smallest absolute Gasteiger partial charge is 0.342 e. The predicted octanol–water partition coefficient (Wildman–Crippen LogP) is 10.2. The van der Waals surface area contributed by atoms with E-state index in [1.165, 1.54) is 11.8 Å². The van der Waals surface area contributed by atoms with E-state index < -0.39 is 57.9 Å². The summed E-state index contributed by atoms with van der Waals surface area (Å²) in [6.07, 6.45) is 4.75. The first-order valence-electron chi connectivity index (χ1n) is 26.0. The zero-order chi connectivity index (χ0) is 55.2. The first-order chi connectivity index (χ1) is 36.3. The van der Waals surface area contributed by atoms with Crippen LogP contribution >= 0.6 is 23.5 Å². The highest BCUT2D eigenvalue weighted by Gasteiger charge is 2.41. The van der Waals surface area contributed by atoms with Gasteiger partial charge in [-0.15, -0.1) is 23.5 Å². The number of aromatic nitrogens is 1. The molecule has 7 atom stereocenters. The highest BCUT2D eigenvalue weighted by Crippen LogP contribution is 2.43. The molecule has 0 bridgehead atoms. The molecule has 2 heterocycles. The molecular weight excluding hydrogens is 1010 g/mol. The fourth-order valence-electron chi connectivity index (χ4n) is 10.7. The molecule has 0 spiro atoms. The highest BCUT2D eigenvalue weighted by atomic mass is 32.2. The molecule has 76 heavy (non-hydrogen) atoms. The minimum Gasteiger partial charge on any atom is -0.463 e. The van der Waals surface area contributed by atoms with Crippen molar-refractivity contribution in [1.29, 1.82) is 0 Å². The number of benzene rings is 2. The van der Waals surface area contributed by atoms with E-state index in [1.807, 2.05) is 60.7 Å². The average molecular weight is 1080 g/mol. The fraction of sp³-hybridized carbons (Fsp3) is 0.483. The van der Waals surface area contributed by atoms with Crippen molar-refractivity contribution >= 4 is 89.5 Å². The number of amidine groups is 1. The number of esters is 3. The standard InChI is InChI=1S/C58H72N4O12S2/c1-32(2)56(67)71-22-17-23-75-39(9)54(65)61-52-48(57(68)73-50-35(5)24-33(3)25-36(50)6)46(41-18-13-11-14-19-41)43(59-52)28-44-47(42-20-15-12-16-21-42)49(58(69)74-51-37(7)26-34(4)27-38(51)8)53(60-44)62-55(66)40(10)76-45(72-31-64)29-70-30-63/h11-16,18-21,28,30-31,33-40,45,50-51,59H,1,17,22-27,29H2,2-10H3,(H,61,65)(H,60,62,66). The number of nitrogens with zero attached hydrogens (tertiary/aromatic N) is 1. The van der Waals surface area contributed by atoms with E-state index in [1.54, 1.807) is 26.8 Å². The van der Waals surface area contributed by atoms with Crippen molar-refractivity contribution in [3.63, 3.8) is 0 Å². The van der Waals surface area contributed by atoms with Crippen LogP contribution in [0.25, 0.3) is 22.8 Å². The maximum atomic E-state index is 15.1. The SMILES string of the molecule is C=C(C)C(=O)OCCCSC(C)C(=O)Nc1[nH]c(C=C2N=C(NC(=O)C(C)SC(COC=O)OC=O)C(C(=O)OC3C(C)CC(C)CC3C)=C2c2ccccc2)c(-c2ccccc2)c1C(=O)OC1C(C)CC(C)CC1C. The van der Waals surface area contributed by atoms with Gasteiger partial charge in [0, 0.05) is 16.7 Å². The van der Waals surface area contributed by atoms with Gasteiger partial charge in [-0.2, -0.15) is 0 Å². The molecule has 3 N–H and O–H groups in total. The molecule has 2 aliphatic carbocycles. The van der Waals surface area contributed by atoms with Crippen LogP contribution in [0.4, 0.5) is 5.82 Å². The lowest BCUT2D eigenvalue weighted by molar-refractivity contribution is -0.152. The first-order valence-corrected chi connectivity index (χ1v) is 28.0. The predicted molar refractivity (Wildman–Crippen MR) is 297 cm³/mol. The number of nitrogens with one attached hydrogen (secondary N) is 3. The summed E-state index contributed by atoms with van der Waals surface area (Å²) in [5, 5.41) is 4.34. The summed E-state index contributed by atoms with van der Waals surface area (Å²) in [4.78, 5) is 101. The van der Waals surface area contributed by atoms with E-state index in [0.717, 1.165) is 37.4 Å². The maximum absolute atomic E-state index is 15.1. The van der Waals surface area contributed by atoms with Crippen LogP contribution in [0.3, 0.4) is 0 Å². The van der Waals surface area contributed by atoms with Crippen molar-refractivity contribution in [3.05, 3.63) is 101 Å². The zero-order valence-corrected chi connectivity index (χ0v) is 46.5. The molecule has 1 aliphatic heterocycles. The Morgan fingerprint density at radius 1 is 0.763 bits per heavy atom. The summed E-state index contributed by atoms with van der Waals surface area (Å²) in [7, 11) is 0. The van der Waals surface area contributed by atoms with Crippen LogP contribution in [0.15, 0.2) is 89.1 Å². The molecule has 2 fully saturated rings. The first kappa shape index (κ1) is 58.9. The Morgan fingerprint density at radius 3 is 1.87 bits per heavy atom. The van der Waals surface area contributed by atoms with Gasteiger partial charge in [0.2, 0.25) is 11.8 Å². The van der Waals surface area contributed by atoms with Gasteiger partial charge in [-0.3, -0.25) is 19.2 Å². The van der Waals surface area contributed by atoms with Crippen molar-refractivity contribution in [3.8, 4) is 11.1 Å². The second-order valence-corrected chi connectivity index (χ2v) is 23.5. The molecule has 3 aliphatic rings. The van der Waals surface area contributed by atoms with Crippen LogP contribution in [0.5, 0.6) is 0 Å². The number of H-pyrrole nitrogens is 1. The highest BCUT2D eigenvalue weighted by molar-refractivity contribution is 8.01. The molecule has 2 aromatic carbocycles. The molecule has 7 unspecified atom stereocenters. The van der Waals surface area contributed by atoms with Gasteiger partial charge in [-0.25, -0.2) is 19.4 Å². The number of thioether (sulfide) groups is 2. The minimum absolute atomic E-state index is 0.0123.